The molecule has 1 atom stereocenters. The zero-order valence-electron chi connectivity index (χ0n) is 11.3. The molecule has 0 amide bonds. The van der Waals surface area contributed by atoms with E-state index in [4.69, 9.17) is 9.26 Å². The van der Waals surface area contributed by atoms with E-state index in [1.54, 1.807) is 6.92 Å². The third-order valence-electron chi connectivity index (χ3n) is 2.70. The van der Waals surface area contributed by atoms with Gasteiger partial charge in [-0.1, -0.05) is 37.2 Å². The van der Waals surface area contributed by atoms with Crippen LogP contribution in [0.4, 0.5) is 0 Å². The molecule has 5 nitrogen and oxygen atoms in total. The first-order valence-electron chi connectivity index (χ1n) is 6.30. The molecule has 1 heterocycles. The van der Waals surface area contributed by atoms with Crippen LogP contribution in [0.3, 0.4) is 0 Å². The Bertz CT molecular complexity index is 535. The molecule has 1 unspecified atom stereocenters. The monoisotopic (exact) mass is 262 g/mol. The van der Waals surface area contributed by atoms with E-state index in [0.717, 1.165) is 5.56 Å². The van der Waals surface area contributed by atoms with Gasteiger partial charge in [-0.2, -0.15) is 4.98 Å². The van der Waals surface area contributed by atoms with Gasteiger partial charge in [0.15, 0.2) is 6.61 Å². The van der Waals surface area contributed by atoms with Crippen molar-refractivity contribution < 1.29 is 14.4 Å². The third-order valence-corrected chi connectivity index (χ3v) is 2.70. The lowest BCUT2D eigenvalue weighted by atomic mass is 10.1. The lowest BCUT2D eigenvalue weighted by Gasteiger charge is -2.11. The third kappa shape index (κ3) is 3.32. The SMILES string of the molecule is CC(C)c1nc(COc2ccccc2C(C)O)no1. The highest BCUT2D eigenvalue weighted by molar-refractivity contribution is 5.34. The molecule has 0 aliphatic rings. The van der Waals surface area contributed by atoms with Crippen LogP contribution >= 0.6 is 0 Å². The van der Waals surface area contributed by atoms with Gasteiger partial charge < -0.3 is 14.4 Å². The molecule has 0 bridgehead atoms. The summed E-state index contributed by atoms with van der Waals surface area (Å²) in [5.74, 6) is 1.94. The highest BCUT2D eigenvalue weighted by Gasteiger charge is 2.12. The number of hydrogen-bond donors (Lipinski definition) is 1. The van der Waals surface area contributed by atoms with E-state index in [0.29, 0.717) is 17.5 Å². The molecule has 0 aliphatic carbocycles. The van der Waals surface area contributed by atoms with Crippen LogP contribution in [0.2, 0.25) is 0 Å². The highest BCUT2D eigenvalue weighted by Crippen LogP contribution is 2.25. The molecule has 1 N–H and O–H groups in total. The second kappa shape index (κ2) is 5.84. The lowest BCUT2D eigenvalue weighted by Crippen LogP contribution is -2.02. The standard InChI is InChI=1S/C14H18N2O3/c1-9(2)14-15-13(16-19-14)8-18-12-7-5-4-6-11(12)10(3)17/h4-7,9-10,17H,8H2,1-3H3. The van der Waals surface area contributed by atoms with Crippen molar-refractivity contribution in [1.82, 2.24) is 10.1 Å². The number of aromatic nitrogens is 2. The summed E-state index contributed by atoms with van der Waals surface area (Å²) < 4.78 is 10.7. The van der Waals surface area contributed by atoms with Crippen LogP contribution < -0.4 is 4.74 Å². The van der Waals surface area contributed by atoms with Gasteiger partial charge in [-0.15, -0.1) is 0 Å². The fourth-order valence-corrected chi connectivity index (χ4v) is 1.66. The Labute approximate surface area is 112 Å². The van der Waals surface area contributed by atoms with Gasteiger partial charge in [-0.25, -0.2) is 0 Å². The molecule has 5 heteroatoms. The van der Waals surface area contributed by atoms with E-state index in [1.807, 2.05) is 38.1 Å². The summed E-state index contributed by atoms with van der Waals surface area (Å²) in [5.41, 5.74) is 0.745. The quantitative estimate of drug-likeness (QED) is 0.897. The second-order valence-corrected chi connectivity index (χ2v) is 4.71. The van der Waals surface area contributed by atoms with Crippen molar-refractivity contribution in [3.8, 4) is 5.75 Å². The molecule has 0 saturated heterocycles. The van der Waals surface area contributed by atoms with Crippen LogP contribution in [0.15, 0.2) is 28.8 Å². The van der Waals surface area contributed by atoms with Crippen molar-refractivity contribution in [3.05, 3.63) is 41.5 Å². The fraction of sp³-hybridized carbons (Fsp3) is 0.429. The van der Waals surface area contributed by atoms with Crippen LogP contribution in [0, 0.1) is 0 Å². The minimum absolute atomic E-state index is 0.200. The average molecular weight is 262 g/mol. The summed E-state index contributed by atoms with van der Waals surface area (Å²) in [6.07, 6.45) is -0.576. The minimum Gasteiger partial charge on any atom is -0.485 e. The van der Waals surface area contributed by atoms with Crippen molar-refractivity contribution in [2.75, 3.05) is 0 Å². The lowest BCUT2D eigenvalue weighted by molar-refractivity contribution is 0.189. The molecule has 1 aromatic carbocycles. The summed E-state index contributed by atoms with van der Waals surface area (Å²) in [7, 11) is 0. The molecule has 19 heavy (non-hydrogen) atoms. The van der Waals surface area contributed by atoms with Gasteiger partial charge in [0, 0.05) is 11.5 Å². The maximum atomic E-state index is 9.65. The van der Waals surface area contributed by atoms with E-state index in [-0.39, 0.29) is 12.5 Å². The molecular weight excluding hydrogens is 244 g/mol. The first-order chi connectivity index (χ1) is 9.08. The van der Waals surface area contributed by atoms with Crippen molar-refractivity contribution in [2.24, 2.45) is 0 Å². The molecule has 2 rings (SSSR count). The topological polar surface area (TPSA) is 68.4 Å². The summed E-state index contributed by atoms with van der Waals surface area (Å²) >= 11 is 0. The number of ether oxygens (including phenoxy) is 1. The van der Waals surface area contributed by atoms with E-state index in [1.165, 1.54) is 0 Å². The highest BCUT2D eigenvalue weighted by atomic mass is 16.5. The number of aliphatic hydroxyl groups is 1. The number of nitrogens with zero attached hydrogens (tertiary/aromatic N) is 2. The van der Waals surface area contributed by atoms with E-state index in [9.17, 15) is 5.11 Å². The van der Waals surface area contributed by atoms with Crippen LogP contribution in [-0.4, -0.2) is 15.2 Å². The van der Waals surface area contributed by atoms with Crippen LogP contribution in [0.25, 0.3) is 0 Å². The molecule has 0 saturated carbocycles. The average Bonchev–Trinajstić information content (AvgIpc) is 2.85. The van der Waals surface area contributed by atoms with Crippen molar-refractivity contribution >= 4 is 0 Å². The molecule has 0 spiro atoms. The first-order valence-corrected chi connectivity index (χ1v) is 6.30. The van der Waals surface area contributed by atoms with Crippen molar-refractivity contribution in [1.29, 1.82) is 0 Å². The number of benzene rings is 1. The van der Waals surface area contributed by atoms with Gasteiger partial charge in [0.25, 0.3) is 0 Å². The maximum absolute atomic E-state index is 9.65. The Kier molecular flexibility index (Phi) is 4.16. The fourth-order valence-electron chi connectivity index (χ4n) is 1.66. The first kappa shape index (κ1) is 13.5. The summed E-state index contributed by atoms with van der Waals surface area (Å²) in [6.45, 7) is 5.90. The minimum atomic E-state index is -0.576. The largest absolute Gasteiger partial charge is 0.485 e. The van der Waals surface area contributed by atoms with Gasteiger partial charge in [0.05, 0.1) is 6.10 Å². The second-order valence-electron chi connectivity index (χ2n) is 4.71. The smallest absolute Gasteiger partial charge is 0.229 e. The van der Waals surface area contributed by atoms with Crippen LogP contribution in [-0.2, 0) is 6.61 Å². The molecule has 0 aliphatic heterocycles. The Morgan fingerprint density at radius 3 is 2.63 bits per heavy atom. The van der Waals surface area contributed by atoms with E-state index < -0.39 is 6.10 Å². The normalized spacial score (nSPS) is 12.7. The van der Waals surface area contributed by atoms with Gasteiger partial charge in [-0.05, 0) is 13.0 Å². The Hall–Kier alpha value is -1.88. The molecule has 0 radical (unpaired) electrons. The van der Waals surface area contributed by atoms with Crippen LogP contribution in [0.1, 0.15) is 50.1 Å². The molecular formula is C14H18N2O3. The summed E-state index contributed by atoms with van der Waals surface area (Å²) in [6, 6.07) is 7.36. The summed E-state index contributed by atoms with van der Waals surface area (Å²) in [5, 5.41) is 13.5. The van der Waals surface area contributed by atoms with Crippen LogP contribution in [0.5, 0.6) is 5.75 Å². The molecule has 1 aromatic heterocycles. The van der Waals surface area contributed by atoms with E-state index >= 15 is 0 Å². The van der Waals surface area contributed by atoms with Gasteiger partial charge >= 0.3 is 0 Å². The van der Waals surface area contributed by atoms with E-state index in [2.05, 4.69) is 10.1 Å². The zero-order chi connectivity index (χ0) is 13.8. The van der Waals surface area contributed by atoms with Crippen molar-refractivity contribution in [2.45, 2.75) is 39.4 Å². The zero-order valence-corrected chi connectivity index (χ0v) is 11.3. The number of rotatable bonds is 5. The van der Waals surface area contributed by atoms with Gasteiger partial charge in [0.1, 0.15) is 5.75 Å². The molecule has 2 aromatic rings. The number of aliphatic hydroxyl groups excluding tert-OH is 1. The predicted molar refractivity (Wildman–Crippen MR) is 69.8 cm³/mol. The molecule has 0 fully saturated rings. The Balaban J connectivity index is 2.06. The maximum Gasteiger partial charge on any atom is 0.229 e. The number of hydrogen-bond acceptors (Lipinski definition) is 5. The predicted octanol–water partition coefficient (Wildman–Crippen LogP) is 2.83. The molecule has 102 valence electrons. The summed E-state index contributed by atoms with van der Waals surface area (Å²) in [4.78, 5) is 4.23. The Morgan fingerprint density at radius 2 is 2.00 bits per heavy atom. The Morgan fingerprint density at radius 1 is 1.26 bits per heavy atom. The van der Waals surface area contributed by atoms with Gasteiger partial charge in [0.2, 0.25) is 11.7 Å². The van der Waals surface area contributed by atoms with Gasteiger partial charge in [-0.3, -0.25) is 0 Å². The van der Waals surface area contributed by atoms with Crippen molar-refractivity contribution in [3.63, 3.8) is 0 Å². The number of para-hydroxylation sites is 1.